The number of aryl methyl sites for hydroxylation is 1. The lowest BCUT2D eigenvalue weighted by atomic mass is 9.80. The molecular formula is C39H42O10. The standard InChI is InChI=1S/C39H42O10/c1-4-36(40)46-24-7-5-22-44-32-16-12-30(13-17-32)38(42)48-34-20-21-35(27(2)26-34)49-39(43)31-14-18-33(19-15-31)45-23-6-8-25-47-37(41)28(3)29-10-9-11-29/h4,12-21,26,29H,1,3,5-11,22-25H2,2H3. The van der Waals surface area contributed by atoms with E-state index in [-0.39, 0.29) is 11.9 Å². The maximum atomic E-state index is 12.8. The summed E-state index contributed by atoms with van der Waals surface area (Å²) in [6.45, 7) is 10.5. The van der Waals surface area contributed by atoms with Crippen LogP contribution in [0.25, 0.3) is 0 Å². The third-order valence-electron chi connectivity index (χ3n) is 7.86. The molecule has 0 aliphatic heterocycles. The number of hydrogen-bond donors (Lipinski definition) is 0. The van der Waals surface area contributed by atoms with Crippen molar-refractivity contribution >= 4 is 23.9 Å². The fourth-order valence-electron chi connectivity index (χ4n) is 4.70. The Balaban J connectivity index is 1.14. The number of hydrogen-bond acceptors (Lipinski definition) is 10. The molecule has 1 aliphatic carbocycles. The summed E-state index contributed by atoms with van der Waals surface area (Å²) in [5, 5.41) is 0. The van der Waals surface area contributed by atoms with E-state index in [9.17, 15) is 19.2 Å². The molecule has 0 radical (unpaired) electrons. The summed E-state index contributed by atoms with van der Waals surface area (Å²) in [5.41, 5.74) is 1.88. The van der Waals surface area contributed by atoms with Crippen LogP contribution in [0.1, 0.15) is 71.2 Å². The van der Waals surface area contributed by atoms with Crippen LogP contribution in [0.4, 0.5) is 0 Å². The molecule has 10 heteroatoms. The van der Waals surface area contributed by atoms with E-state index in [1.54, 1.807) is 73.7 Å². The molecule has 0 spiro atoms. The molecule has 0 unspecified atom stereocenters. The highest BCUT2D eigenvalue weighted by Gasteiger charge is 2.25. The number of carbonyl (C=O) groups is 4. The van der Waals surface area contributed by atoms with Crippen LogP contribution >= 0.6 is 0 Å². The SMILES string of the molecule is C=CC(=O)OCCCCOc1ccc(C(=O)Oc2ccc(OC(=O)c3ccc(OCCCCOC(=O)C(=C)C4CCC4)cc3)c(C)c2)cc1. The van der Waals surface area contributed by atoms with Crippen molar-refractivity contribution < 1.29 is 47.6 Å². The quantitative estimate of drug-likeness (QED) is 0.0552. The second-order valence-electron chi connectivity index (χ2n) is 11.5. The van der Waals surface area contributed by atoms with Crippen LogP contribution in [-0.4, -0.2) is 50.3 Å². The first kappa shape index (κ1) is 36.5. The molecule has 4 rings (SSSR count). The minimum Gasteiger partial charge on any atom is -0.494 e. The largest absolute Gasteiger partial charge is 0.494 e. The van der Waals surface area contributed by atoms with Gasteiger partial charge >= 0.3 is 23.9 Å². The number of ether oxygens (including phenoxy) is 6. The molecule has 0 aromatic heterocycles. The van der Waals surface area contributed by atoms with Crippen molar-refractivity contribution in [3.63, 3.8) is 0 Å². The maximum absolute atomic E-state index is 12.8. The molecule has 49 heavy (non-hydrogen) atoms. The van der Waals surface area contributed by atoms with Crippen LogP contribution in [0.15, 0.2) is 91.5 Å². The number of esters is 4. The first-order valence-corrected chi connectivity index (χ1v) is 16.4. The lowest BCUT2D eigenvalue weighted by Crippen LogP contribution is -2.21. The van der Waals surface area contributed by atoms with Crippen molar-refractivity contribution in [2.75, 3.05) is 26.4 Å². The number of unbranched alkanes of at least 4 members (excludes halogenated alkanes) is 2. The van der Waals surface area contributed by atoms with Crippen LogP contribution in [0, 0.1) is 12.8 Å². The molecule has 0 saturated heterocycles. The number of carbonyl (C=O) groups excluding carboxylic acids is 4. The number of rotatable bonds is 19. The lowest BCUT2D eigenvalue weighted by Gasteiger charge is -2.26. The molecule has 1 saturated carbocycles. The van der Waals surface area contributed by atoms with Gasteiger partial charge in [-0.3, -0.25) is 0 Å². The Morgan fingerprint density at radius 3 is 1.71 bits per heavy atom. The van der Waals surface area contributed by atoms with Gasteiger partial charge in [0.2, 0.25) is 0 Å². The fourth-order valence-corrected chi connectivity index (χ4v) is 4.70. The zero-order chi connectivity index (χ0) is 35.0. The molecule has 0 heterocycles. The van der Waals surface area contributed by atoms with Crippen LogP contribution in [-0.2, 0) is 19.1 Å². The van der Waals surface area contributed by atoms with Crippen LogP contribution < -0.4 is 18.9 Å². The van der Waals surface area contributed by atoms with Crippen molar-refractivity contribution in [2.24, 2.45) is 5.92 Å². The predicted molar refractivity (Wildman–Crippen MR) is 182 cm³/mol. The highest BCUT2D eigenvalue weighted by atomic mass is 16.5. The molecule has 1 fully saturated rings. The van der Waals surface area contributed by atoms with Crippen molar-refractivity contribution in [3.8, 4) is 23.0 Å². The molecule has 258 valence electrons. The summed E-state index contributed by atoms with van der Waals surface area (Å²) >= 11 is 0. The minimum atomic E-state index is -0.545. The summed E-state index contributed by atoms with van der Waals surface area (Å²) in [5.74, 6) is 0.293. The average molecular weight is 671 g/mol. The molecular weight excluding hydrogens is 628 g/mol. The van der Waals surface area contributed by atoms with Gasteiger partial charge in [-0.05, 0) is 124 Å². The molecule has 0 atom stereocenters. The highest BCUT2D eigenvalue weighted by molar-refractivity contribution is 5.92. The Kier molecular flexibility index (Phi) is 14.0. The average Bonchev–Trinajstić information content (AvgIpc) is 3.08. The first-order valence-electron chi connectivity index (χ1n) is 16.4. The Labute approximate surface area is 286 Å². The van der Waals surface area contributed by atoms with Crippen molar-refractivity contribution in [2.45, 2.75) is 51.9 Å². The summed E-state index contributed by atoms with van der Waals surface area (Å²) < 4.78 is 32.7. The zero-order valence-electron chi connectivity index (χ0n) is 27.8. The smallest absolute Gasteiger partial charge is 0.343 e. The van der Waals surface area contributed by atoms with E-state index >= 15 is 0 Å². The third kappa shape index (κ3) is 11.7. The van der Waals surface area contributed by atoms with E-state index in [4.69, 9.17) is 28.4 Å². The minimum absolute atomic E-state index is 0.281. The Bertz CT molecular complexity index is 1600. The van der Waals surface area contributed by atoms with Crippen LogP contribution in [0.3, 0.4) is 0 Å². The molecule has 10 nitrogen and oxygen atoms in total. The van der Waals surface area contributed by atoms with Gasteiger partial charge in [0.25, 0.3) is 0 Å². The summed E-state index contributed by atoms with van der Waals surface area (Å²) in [7, 11) is 0. The monoisotopic (exact) mass is 670 g/mol. The first-order chi connectivity index (χ1) is 23.7. The van der Waals surface area contributed by atoms with Gasteiger partial charge < -0.3 is 28.4 Å². The highest BCUT2D eigenvalue weighted by Crippen LogP contribution is 2.32. The van der Waals surface area contributed by atoms with E-state index in [0.717, 1.165) is 25.3 Å². The summed E-state index contributed by atoms with van der Waals surface area (Å²) in [4.78, 5) is 48.5. The lowest BCUT2D eigenvalue weighted by molar-refractivity contribution is -0.140. The predicted octanol–water partition coefficient (Wildman–Crippen LogP) is 7.38. The van der Waals surface area contributed by atoms with Gasteiger partial charge in [-0.2, -0.15) is 0 Å². The summed E-state index contributed by atoms with van der Waals surface area (Å²) in [6.07, 6.45) is 7.04. The Hall–Kier alpha value is -5.38. The van der Waals surface area contributed by atoms with Gasteiger partial charge in [-0.25, -0.2) is 19.2 Å². The van der Waals surface area contributed by atoms with Crippen molar-refractivity contribution in [1.82, 2.24) is 0 Å². The molecule has 3 aromatic carbocycles. The fraction of sp³-hybridized carbons (Fsp3) is 0.333. The molecule has 0 N–H and O–H groups in total. The molecule has 0 bridgehead atoms. The molecule has 0 amide bonds. The van der Waals surface area contributed by atoms with Gasteiger partial charge in [0.05, 0.1) is 37.6 Å². The van der Waals surface area contributed by atoms with Crippen molar-refractivity contribution in [3.05, 3.63) is 108 Å². The normalized spacial score (nSPS) is 12.2. The third-order valence-corrected chi connectivity index (χ3v) is 7.86. The van der Waals surface area contributed by atoms with Gasteiger partial charge in [-0.1, -0.05) is 19.6 Å². The van der Waals surface area contributed by atoms with E-state index in [2.05, 4.69) is 13.2 Å². The van der Waals surface area contributed by atoms with Crippen molar-refractivity contribution in [1.29, 1.82) is 0 Å². The molecule has 3 aromatic rings. The van der Waals surface area contributed by atoms with Gasteiger partial charge in [0.15, 0.2) is 0 Å². The Morgan fingerprint density at radius 2 is 1.20 bits per heavy atom. The van der Waals surface area contributed by atoms with Gasteiger partial charge in [0, 0.05) is 11.6 Å². The van der Waals surface area contributed by atoms with E-state index in [0.29, 0.717) is 97.4 Å². The zero-order valence-corrected chi connectivity index (χ0v) is 27.8. The topological polar surface area (TPSA) is 124 Å². The second-order valence-corrected chi connectivity index (χ2v) is 11.5. The second kappa shape index (κ2) is 18.8. The Morgan fingerprint density at radius 1 is 0.694 bits per heavy atom. The molecule has 1 aliphatic rings. The number of benzene rings is 3. The van der Waals surface area contributed by atoms with Gasteiger partial charge in [-0.15, -0.1) is 0 Å². The van der Waals surface area contributed by atoms with E-state index in [1.165, 1.54) is 0 Å². The van der Waals surface area contributed by atoms with E-state index < -0.39 is 17.9 Å². The van der Waals surface area contributed by atoms with Crippen LogP contribution in [0.5, 0.6) is 23.0 Å². The van der Waals surface area contributed by atoms with Gasteiger partial charge in [0.1, 0.15) is 23.0 Å². The summed E-state index contributed by atoms with van der Waals surface area (Å²) in [6, 6.07) is 18.0. The van der Waals surface area contributed by atoms with Crippen LogP contribution in [0.2, 0.25) is 0 Å². The van der Waals surface area contributed by atoms with E-state index in [1.807, 2.05) is 0 Å². The maximum Gasteiger partial charge on any atom is 0.343 e.